The number of nitrogens with one attached hydrogen (secondary N) is 1. The number of esters is 6. The number of nitrogens with zero attached hydrogens (tertiary/aromatic N) is 17. The van der Waals surface area contributed by atoms with Gasteiger partial charge in [0, 0.05) is 78.8 Å². The fourth-order valence-corrected chi connectivity index (χ4v) is 16.3. The monoisotopic (exact) mass is 1880 g/mol. The van der Waals surface area contributed by atoms with E-state index in [0.717, 1.165) is 61.6 Å². The number of benzene rings is 1. The van der Waals surface area contributed by atoms with Crippen LogP contribution < -0.4 is 40.6 Å². The standard InChI is InChI=1S/C18H25NO7S.C13H22N4O2.C13H24N2O2.C11H18N4O4.C11H19NO5.C7H12O.C6H10N4O2.C2HF3O2.N3.Na/c1-12-6-8-14(9-7-12)27(22,23)26-13-10-15(16(20)24-5)19(11-13)17(21)25-18(2,3)4;1-19-13(18)12-7-11(15-16-14)9-17(12)8-10-5-3-2-4-6-10;1-17-13(16)12-7-11(14)9-15(12)8-10-5-3-2-4-6-10;1-11(2,3)19-10(17)15-6-7(13-14-12)5-8(15)9(16)18-4;1-11(2,3)17-10(15)12-6-7(13)5-8(12)9(14)16-4;8-6-7-4-2-1-3-5-7;1-12-6(11)5-2-4(3-8-5)9-10-7;3-2(4,5)1(6)7;1-3-2;/h6-9,13,15H,10-11H2,1-5H3;10-12H,2-9H2,1H3;10-12H,2-9,14H2,1H3;7-8H,5-6H2,1-4H3;7-8,13H,5-6H2,1-4H3;6-7H,1-5H2;4-5,8H,2-3H2,1H3;(H,6,7);;/q;;;;;;;;-1;+1/t13-,15-;2*11-,12+;7-,8+;7-,8-;;4-,5+;;;/m10001.0.../s1. The van der Waals surface area contributed by atoms with Gasteiger partial charge in [-0.15, -0.1) is 0 Å². The molecule has 5 N–H and O–H groups in total. The molecular weight excluding hydrogens is 1750 g/mol. The Kier molecular flexibility index (Phi) is 54.1. The minimum atomic E-state index is -5.08. The van der Waals surface area contributed by atoms with E-state index in [1.54, 1.807) is 74.4 Å². The Morgan fingerprint density at radius 1 is 0.500 bits per heavy atom. The van der Waals surface area contributed by atoms with Gasteiger partial charge in [0.1, 0.15) is 59.3 Å². The first-order valence-electron chi connectivity index (χ1n) is 42.4. The van der Waals surface area contributed by atoms with Crippen molar-refractivity contribution in [2.45, 2.75) is 305 Å². The number of aldehydes is 1. The molecule has 1 aromatic carbocycles. The maximum atomic E-state index is 12.5. The van der Waals surface area contributed by atoms with E-state index in [0.29, 0.717) is 37.8 Å². The van der Waals surface area contributed by atoms with Crippen LogP contribution in [0.15, 0.2) is 44.5 Å². The van der Waals surface area contributed by atoms with E-state index in [9.17, 15) is 74.6 Å². The number of alkyl halides is 3. The fourth-order valence-electron chi connectivity index (χ4n) is 15.3. The van der Waals surface area contributed by atoms with Crippen molar-refractivity contribution in [3.63, 3.8) is 0 Å². The number of aryl methyl sites for hydroxylation is 1. The fraction of sp³-hybridized carbons (Fsp3) is 0.790. The van der Waals surface area contributed by atoms with E-state index in [4.69, 9.17) is 75.9 Å². The molecule has 0 aromatic heterocycles. The molecular formula is C81H131F3N19NaO25S. The van der Waals surface area contributed by atoms with Crippen molar-refractivity contribution in [3.8, 4) is 0 Å². The van der Waals surface area contributed by atoms with Gasteiger partial charge in [-0.3, -0.25) is 48.0 Å². The SMILES string of the molecule is COC(=O)[C@H]1C[C@@H](O)CN1C(=O)OC(C)(C)C.COC(=O)[C@H]1C[C@@H](OS(=O)(=O)c2ccc(C)cc2)CN1C(=O)OC(C)(C)C.COC(=O)[C@H]1C[C@H](N)CN1CC1CCCCC1.COC(=O)[C@H]1C[C@H](N=[N+]=[N-])CN1.COC(=O)[C@H]1C[C@H](N=[N+]=[N-])CN1C(=O)OC(C)(C)C.COC(=O)[C@H]1C[C@H](N=[N+]=[N-])CN1CC1CCCCC1.O=C(O)C(F)(F)F.O=CC1CCCCC1.[N-]=[N+]=[N-].[Na+]. The van der Waals surface area contributed by atoms with Crippen molar-refractivity contribution in [1.82, 2.24) is 29.8 Å². The van der Waals surface area contributed by atoms with Crippen LogP contribution in [0, 0.1) is 24.7 Å². The maximum Gasteiger partial charge on any atom is 1.00 e. The molecule has 9 fully saturated rings. The number of carbonyl (C=O) groups excluding carboxylic acids is 10. The number of methoxy groups -OCH3 is 6. The molecule has 6 heterocycles. The molecule has 10 rings (SSSR count). The topological polar surface area (TPSA) is 614 Å². The Labute approximate surface area is 778 Å². The van der Waals surface area contributed by atoms with Crippen molar-refractivity contribution >= 4 is 76.5 Å². The molecule has 6 saturated heterocycles. The molecule has 728 valence electrons. The van der Waals surface area contributed by atoms with Crippen LogP contribution in [0.4, 0.5) is 27.6 Å². The minimum Gasteiger partial charge on any atom is -0.475 e. The zero-order valence-electron chi connectivity index (χ0n) is 77.6. The molecule has 130 heavy (non-hydrogen) atoms. The number of carboxylic acid groups (broad SMARTS) is 1. The van der Waals surface area contributed by atoms with Crippen LogP contribution in [0.2, 0.25) is 0 Å². The van der Waals surface area contributed by atoms with Crippen LogP contribution in [0.25, 0.3) is 47.3 Å². The van der Waals surface area contributed by atoms with E-state index >= 15 is 0 Å². The van der Waals surface area contributed by atoms with Crippen molar-refractivity contribution < 1.29 is 161 Å². The van der Waals surface area contributed by atoms with Gasteiger partial charge in [0.15, 0.2) is 0 Å². The summed E-state index contributed by atoms with van der Waals surface area (Å²) in [6.07, 6.45) is 14.0. The Morgan fingerprint density at radius 3 is 1.23 bits per heavy atom. The summed E-state index contributed by atoms with van der Waals surface area (Å²) in [6.45, 7) is 21.5. The second kappa shape index (κ2) is 59.3. The number of rotatable bonds is 17. The van der Waals surface area contributed by atoms with Gasteiger partial charge in [0.25, 0.3) is 10.1 Å². The molecule has 9 aliphatic rings. The third-order valence-corrected chi connectivity index (χ3v) is 22.6. The molecule has 6 aliphatic heterocycles. The predicted octanol–water partition coefficient (Wildman–Crippen LogP) is 8.73. The predicted molar refractivity (Wildman–Crippen MR) is 458 cm³/mol. The van der Waals surface area contributed by atoms with Crippen molar-refractivity contribution in [3.05, 3.63) is 77.1 Å². The van der Waals surface area contributed by atoms with Gasteiger partial charge in [-0.05, 0) is 174 Å². The number of β-amino-alcohol motifs (C(OH)–C–C–N with tert-alkyl or cyclic N) is 1. The smallest absolute Gasteiger partial charge is 0.475 e. The number of hydrogen-bond donors (Lipinski definition) is 4. The summed E-state index contributed by atoms with van der Waals surface area (Å²) < 4.78 is 106. The second-order valence-corrected chi connectivity index (χ2v) is 36.4. The number of nitrogens with two attached hydrogens (primary N) is 1. The van der Waals surface area contributed by atoms with E-state index in [-0.39, 0.29) is 128 Å². The average molecular weight is 1880 g/mol. The molecule has 0 bridgehead atoms. The first kappa shape index (κ1) is 119. The van der Waals surface area contributed by atoms with Crippen LogP contribution in [0.5, 0.6) is 0 Å². The number of azide groups is 3. The molecule has 0 unspecified atom stereocenters. The minimum absolute atomic E-state index is 0. The van der Waals surface area contributed by atoms with Crippen LogP contribution in [0.1, 0.15) is 203 Å². The average Bonchev–Trinajstić information content (AvgIpc) is 1.75. The van der Waals surface area contributed by atoms with Gasteiger partial charge in [-0.2, -0.15) is 21.6 Å². The molecule has 3 amide bonds. The maximum absolute atomic E-state index is 12.5. The Bertz CT molecular complexity index is 4050. The molecule has 3 aliphatic carbocycles. The van der Waals surface area contributed by atoms with E-state index in [2.05, 4.69) is 59.4 Å². The van der Waals surface area contributed by atoms with Gasteiger partial charge in [-0.1, -0.05) is 90.8 Å². The summed E-state index contributed by atoms with van der Waals surface area (Å²) in [5, 5.41) is 30.3. The van der Waals surface area contributed by atoms with Gasteiger partial charge in [0.2, 0.25) is 0 Å². The number of hydrogen-bond acceptors (Lipinski definition) is 31. The summed E-state index contributed by atoms with van der Waals surface area (Å²) in [7, 11) is 3.89. The first-order chi connectivity index (χ1) is 60.5. The Hall–Kier alpha value is -9.27. The Morgan fingerprint density at radius 2 is 0.846 bits per heavy atom. The number of likely N-dealkylation sites (tertiary alicyclic amines) is 5. The number of halogens is 3. The number of ether oxygens (including phenoxy) is 9. The van der Waals surface area contributed by atoms with Crippen molar-refractivity contribution in [2.24, 2.45) is 38.8 Å². The summed E-state index contributed by atoms with van der Waals surface area (Å²) in [5.41, 5.74) is 43.4. The third kappa shape index (κ3) is 44.3. The second-order valence-electron chi connectivity index (χ2n) is 34.8. The molecule has 44 nitrogen and oxygen atoms in total. The van der Waals surface area contributed by atoms with Gasteiger partial charge in [0.05, 0.1) is 91.0 Å². The normalized spacial score (nSPS) is 23.8. The summed E-state index contributed by atoms with van der Waals surface area (Å²) in [6, 6.07) is 2.53. The third-order valence-electron chi connectivity index (χ3n) is 21.2. The first-order valence-corrected chi connectivity index (χ1v) is 43.8. The molecule has 12 atom stereocenters. The van der Waals surface area contributed by atoms with Crippen LogP contribution in [0.3, 0.4) is 0 Å². The van der Waals surface area contributed by atoms with Gasteiger partial charge in [-0.25, -0.2) is 33.6 Å². The van der Waals surface area contributed by atoms with Crippen molar-refractivity contribution in [2.75, 3.05) is 95.0 Å². The number of aliphatic hydroxyl groups excluding tert-OH is 1. The van der Waals surface area contributed by atoms with Crippen LogP contribution in [-0.2, 0) is 95.3 Å². The van der Waals surface area contributed by atoms with Gasteiger partial charge < -0.3 is 79.8 Å². The quantitative estimate of drug-likeness (QED) is 0.0165. The molecule has 49 heteroatoms. The zero-order valence-corrected chi connectivity index (χ0v) is 80.4. The summed E-state index contributed by atoms with van der Waals surface area (Å²) in [4.78, 5) is 143. The van der Waals surface area contributed by atoms with Crippen LogP contribution >= 0.6 is 0 Å². The zero-order chi connectivity index (χ0) is 97.7. The largest absolute Gasteiger partial charge is 1.00 e. The van der Waals surface area contributed by atoms with E-state index in [1.165, 1.54) is 153 Å². The molecule has 0 radical (unpaired) electrons. The Balaban J connectivity index is 0.000000757. The van der Waals surface area contributed by atoms with E-state index < -0.39 is 112 Å². The molecule has 3 saturated carbocycles. The summed E-state index contributed by atoms with van der Waals surface area (Å²) in [5.74, 6) is -3.28. The number of carbonyl (C=O) groups is 11. The van der Waals surface area contributed by atoms with E-state index in [1.807, 2.05) is 6.92 Å². The number of aliphatic carboxylic acids is 1. The number of amides is 3. The number of aliphatic hydroxyl groups is 1. The molecule has 0 spiro atoms. The number of carboxylic acids is 1. The van der Waals surface area contributed by atoms with Crippen molar-refractivity contribution in [1.29, 1.82) is 0 Å². The summed E-state index contributed by atoms with van der Waals surface area (Å²) >= 11 is 0. The van der Waals surface area contributed by atoms with Gasteiger partial charge >= 0.3 is 95.8 Å². The van der Waals surface area contributed by atoms with Crippen LogP contribution in [-0.4, -0.2) is 300 Å². The molecule has 1 aromatic rings.